The molecule has 3 aromatic carbocycles. The minimum absolute atomic E-state index is 0.350. The van der Waals surface area contributed by atoms with E-state index < -0.39 is 0 Å². The third kappa shape index (κ3) is 3.34. The summed E-state index contributed by atoms with van der Waals surface area (Å²) in [6, 6.07) is 20.3. The van der Waals surface area contributed by atoms with Crippen LogP contribution in [0.1, 0.15) is 18.9 Å². The van der Waals surface area contributed by atoms with Crippen LogP contribution in [0, 0.1) is 0 Å². The predicted molar refractivity (Wildman–Crippen MR) is 125 cm³/mol. The predicted octanol–water partition coefficient (Wildman–Crippen LogP) is 5.00. The molecule has 0 bridgehead atoms. The van der Waals surface area contributed by atoms with Crippen LogP contribution in [0.4, 0.5) is 5.95 Å². The Hall–Kier alpha value is -4.00. The van der Waals surface area contributed by atoms with Crippen LogP contribution in [0.5, 0.6) is 5.75 Å². The molecular weight excluding hydrogens is 388 g/mol. The first-order chi connectivity index (χ1) is 15.3. The van der Waals surface area contributed by atoms with Gasteiger partial charge in [0.2, 0.25) is 0 Å². The number of aromatic nitrogens is 4. The lowest BCUT2D eigenvalue weighted by molar-refractivity contribution is 0.415. The molecule has 0 amide bonds. The maximum atomic E-state index is 5.52. The summed E-state index contributed by atoms with van der Waals surface area (Å²) in [4.78, 5) is 4.70. The zero-order valence-electron chi connectivity index (χ0n) is 17.4. The van der Waals surface area contributed by atoms with Gasteiger partial charge >= 0.3 is 0 Å². The van der Waals surface area contributed by atoms with E-state index >= 15 is 0 Å². The summed E-state index contributed by atoms with van der Waals surface area (Å²) in [5.41, 5.74) is 6.54. The average molecular weight is 410 g/mol. The van der Waals surface area contributed by atoms with E-state index in [1.54, 1.807) is 13.3 Å². The van der Waals surface area contributed by atoms with Crippen molar-refractivity contribution in [2.24, 2.45) is 5.10 Å². The summed E-state index contributed by atoms with van der Waals surface area (Å²) in [6.45, 7) is 3.01. The second-order valence-corrected chi connectivity index (χ2v) is 7.25. The Labute approximate surface area is 179 Å². The van der Waals surface area contributed by atoms with Gasteiger partial charge in [-0.05, 0) is 29.3 Å². The molecule has 5 aromatic rings. The zero-order valence-corrected chi connectivity index (χ0v) is 17.4. The van der Waals surface area contributed by atoms with Crippen LogP contribution >= 0.6 is 0 Å². The summed E-state index contributed by atoms with van der Waals surface area (Å²) in [5, 5.41) is 16.3. The van der Waals surface area contributed by atoms with Gasteiger partial charge in [0, 0.05) is 17.5 Å². The third-order valence-corrected chi connectivity index (χ3v) is 5.33. The average Bonchev–Trinajstić information content (AvgIpc) is 3.12. The lowest BCUT2D eigenvalue weighted by Crippen LogP contribution is -2.03. The van der Waals surface area contributed by atoms with Crippen LogP contribution in [-0.4, -0.2) is 33.1 Å². The summed E-state index contributed by atoms with van der Waals surface area (Å²) in [7, 11) is 1.66. The fourth-order valence-corrected chi connectivity index (χ4v) is 3.94. The Morgan fingerprint density at radius 3 is 2.65 bits per heavy atom. The fraction of sp³-hybridized carbons (Fsp3) is 0.167. The molecule has 0 aliphatic heterocycles. The molecule has 0 saturated carbocycles. The van der Waals surface area contributed by atoms with Gasteiger partial charge in [-0.25, -0.2) is 5.43 Å². The first-order valence-corrected chi connectivity index (χ1v) is 10.3. The van der Waals surface area contributed by atoms with E-state index in [-0.39, 0.29) is 0 Å². The van der Waals surface area contributed by atoms with E-state index in [1.165, 1.54) is 0 Å². The van der Waals surface area contributed by atoms with Crippen molar-refractivity contribution < 1.29 is 4.74 Å². The Morgan fingerprint density at radius 1 is 1.00 bits per heavy atom. The molecule has 0 radical (unpaired) electrons. The van der Waals surface area contributed by atoms with E-state index in [9.17, 15) is 0 Å². The number of methoxy groups -OCH3 is 1. The summed E-state index contributed by atoms with van der Waals surface area (Å²) >= 11 is 0. The maximum absolute atomic E-state index is 5.52. The molecular formula is C24H22N6O. The Balaban J connectivity index is 1.52. The van der Waals surface area contributed by atoms with E-state index in [4.69, 9.17) is 9.72 Å². The minimum Gasteiger partial charge on any atom is -0.496 e. The van der Waals surface area contributed by atoms with Gasteiger partial charge in [-0.15, -0.1) is 10.2 Å². The van der Waals surface area contributed by atoms with Gasteiger partial charge in [0.25, 0.3) is 5.95 Å². The summed E-state index contributed by atoms with van der Waals surface area (Å²) in [6.07, 6.45) is 2.73. The molecule has 154 valence electrons. The number of benzene rings is 3. The van der Waals surface area contributed by atoms with Gasteiger partial charge < -0.3 is 9.30 Å². The normalized spacial score (nSPS) is 11.7. The van der Waals surface area contributed by atoms with Crippen LogP contribution in [-0.2, 0) is 6.54 Å². The van der Waals surface area contributed by atoms with Gasteiger partial charge in [0.05, 0.1) is 18.8 Å². The van der Waals surface area contributed by atoms with Crippen LogP contribution in [0.15, 0.2) is 65.8 Å². The molecule has 0 spiro atoms. The molecule has 2 heterocycles. The maximum Gasteiger partial charge on any atom is 0.265 e. The molecule has 31 heavy (non-hydrogen) atoms. The van der Waals surface area contributed by atoms with E-state index in [2.05, 4.69) is 50.4 Å². The first-order valence-electron chi connectivity index (χ1n) is 10.3. The van der Waals surface area contributed by atoms with Gasteiger partial charge in [-0.3, -0.25) is 0 Å². The zero-order chi connectivity index (χ0) is 21.2. The number of rotatable bonds is 6. The van der Waals surface area contributed by atoms with Crippen molar-refractivity contribution in [1.82, 2.24) is 19.7 Å². The Kier molecular flexibility index (Phi) is 4.92. The molecule has 0 saturated heterocycles. The van der Waals surface area contributed by atoms with Crippen molar-refractivity contribution >= 4 is 45.0 Å². The van der Waals surface area contributed by atoms with Crippen molar-refractivity contribution in [1.29, 1.82) is 0 Å². The first kappa shape index (κ1) is 19.0. The smallest absolute Gasteiger partial charge is 0.265 e. The van der Waals surface area contributed by atoms with E-state index in [0.29, 0.717) is 5.95 Å². The number of ether oxygens (including phenoxy) is 1. The number of nitrogens with one attached hydrogen (secondary N) is 1. The van der Waals surface area contributed by atoms with E-state index in [1.807, 2.05) is 42.5 Å². The second kappa shape index (κ2) is 8.02. The standard InChI is InChI=1S/C24H22N6O/c1-3-14-30-20-11-7-6-10-18(20)22-23(30)26-24(29-27-22)28-25-15-19-17-9-5-4-8-16(17)12-13-21(19)31-2/h4-13,15H,3,14H2,1-2H3,(H,26,28,29)/b25-15+. The molecule has 2 aromatic heterocycles. The number of anilines is 1. The monoisotopic (exact) mass is 410 g/mol. The third-order valence-electron chi connectivity index (χ3n) is 5.33. The molecule has 0 aliphatic carbocycles. The van der Waals surface area contributed by atoms with Crippen LogP contribution < -0.4 is 10.2 Å². The van der Waals surface area contributed by atoms with Crippen molar-refractivity contribution in [3.05, 3.63) is 66.2 Å². The SMILES string of the molecule is CCCn1c2ccccc2c2nnc(N/N=C/c3c(OC)ccc4ccccc34)nc21. The van der Waals surface area contributed by atoms with Crippen LogP contribution in [0.25, 0.3) is 32.8 Å². The largest absolute Gasteiger partial charge is 0.496 e. The highest BCUT2D eigenvalue weighted by atomic mass is 16.5. The number of hydrogen-bond donors (Lipinski definition) is 1. The van der Waals surface area contributed by atoms with Crippen molar-refractivity contribution in [3.63, 3.8) is 0 Å². The number of para-hydroxylation sites is 1. The second-order valence-electron chi connectivity index (χ2n) is 7.25. The molecule has 1 N–H and O–H groups in total. The van der Waals surface area contributed by atoms with Crippen molar-refractivity contribution in [2.45, 2.75) is 19.9 Å². The minimum atomic E-state index is 0.350. The van der Waals surface area contributed by atoms with Gasteiger partial charge in [-0.1, -0.05) is 55.5 Å². The number of fused-ring (bicyclic) bond motifs is 4. The number of nitrogens with zero attached hydrogens (tertiary/aromatic N) is 5. The molecule has 0 unspecified atom stereocenters. The van der Waals surface area contributed by atoms with Crippen LogP contribution in [0.3, 0.4) is 0 Å². The lowest BCUT2D eigenvalue weighted by atomic mass is 10.0. The van der Waals surface area contributed by atoms with Crippen molar-refractivity contribution in [2.75, 3.05) is 12.5 Å². The fourth-order valence-electron chi connectivity index (χ4n) is 3.94. The van der Waals surface area contributed by atoms with Gasteiger partial charge in [-0.2, -0.15) is 10.1 Å². The highest BCUT2D eigenvalue weighted by molar-refractivity contribution is 6.04. The number of hydrazone groups is 1. The molecule has 0 atom stereocenters. The molecule has 7 nitrogen and oxygen atoms in total. The highest BCUT2D eigenvalue weighted by Crippen LogP contribution is 2.27. The summed E-state index contributed by atoms with van der Waals surface area (Å²) < 4.78 is 7.71. The van der Waals surface area contributed by atoms with Gasteiger partial charge in [0.15, 0.2) is 5.65 Å². The highest BCUT2D eigenvalue weighted by Gasteiger charge is 2.14. The summed E-state index contributed by atoms with van der Waals surface area (Å²) in [5.74, 6) is 1.10. The molecule has 7 heteroatoms. The topological polar surface area (TPSA) is 77.2 Å². The Bertz CT molecular complexity index is 1420. The lowest BCUT2D eigenvalue weighted by Gasteiger charge is -2.08. The molecule has 0 aliphatic rings. The quantitative estimate of drug-likeness (QED) is 0.315. The number of hydrogen-bond acceptors (Lipinski definition) is 6. The number of aryl methyl sites for hydroxylation is 1. The van der Waals surface area contributed by atoms with Crippen molar-refractivity contribution in [3.8, 4) is 5.75 Å². The van der Waals surface area contributed by atoms with Crippen LogP contribution in [0.2, 0.25) is 0 Å². The van der Waals surface area contributed by atoms with Gasteiger partial charge in [0.1, 0.15) is 11.3 Å². The molecule has 0 fully saturated rings. The Morgan fingerprint density at radius 2 is 1.81 bits per heavy atom. The van der Waals surface area contributed by atoms with E-state index in [0.717, 1.165) is 57.1 Å². The molecule has 5 rings (SSSR count).